The Morgan fingerprint density at radius 1 is 1.10 bits per heavy atom. The molecule has 1 atom stereocenters. The molecule has 31 heavy (non-hydrogen) atoms. The molecule has 3 rings (SSSR count). The SMILES string of the molecule is CC(C(=O)NCc1ccccc1CN1CCCC1)N(c1ccc(F)c(F)c1)S(C)(=O)=O. The molecule has 0 radical (unpaired) electrons. The number of sulfonamides is 1. The molecular weight excluding hydrogens is 424 g/mol. The van der Waals surface area contributed by atoms with Gasteiger partial charge in [0.1, 0.15) is 6.04 Å². The van der Waals surface area contributed by atoms with E-state index in [9.17, 15) is 22.0 Å². The van der Waals surface area contributed by atoms with E-state index in [4.69, 9.17) is 0 Å². The topological polar surface area (TPSA) is 69.7 Å². The maximum atomic E-state index is 13.7. The van der Waals surface area contributed by atoms with Crippen LogP contribution in [0.25, 0.3) is 0 Å². The van der Waals surface area contributed by atoms with E-state index < -0.39 is 33.6 Å². The lowest BCUT2D eigenvalue weighted by Crippen LogP contribution is -2.47. The lowest BCUT2D eigenvalue weighted by atomic mass is 10.1. The third-order valence-corrected chi connectivity index (χ3v) is 6.65. The summed E-state index contributed by atoms with van der Waals surface area (Å²) in [6, 6.07) is 9.39. The fraction of sp³-hybridized carbons (Fsp3) is 0.409. The van der Waals surface area contributed by atoms with Gasteiger partial charge in [0.15, 0.2) is 11.6 Å². The number of hydrogen-bond acceptors (Lipinski definition) is 4. The normalized spacial score (nSPS) is 15.6. The lowest BCUT2D eigenvalue weighted by Gasteiger charge is -2.28. The Morgan fingerprint density at radius 3 is 2.35 bits per heavy atom. The maximum Gasteiger partial charge on any atom is 0.243 e. The molecule has 2 aromatic carbocycles. The molecular formula is C22H27F2N3O3S. The van der Waals surface area contributed by atoms with Crippen LogP contribution in [0.1, 0.15) is 30.9 Å². The van der Waals surface area contributed by atoms with E-state index in [0.717, 1.165) is 59.5 Å². The Kier molecular flexibility index (Phi) is 7.27. The van der Waals surface area contributed by atoms with Crippen molar-refractivity contribution in [1.82, 2.24) is 10.2 Å². The van der Waals surface area contributed by atoms with Crippen molar-refractivity contribution in [2.24, 2.45) is 0 Å². The van der Waals surface area contributed by atoms with Gasteiger partial charge in [-0.25, -0.2) is 17.2 Å². The van der Waals surface area contributed by atoms with E-state index >= 15 is 0 Å². The van der Waals surface area contributed by atoms with Gasteiger partial charge in [0.2, 0.25) is 15.9 Å². The summed E-state index contributed by atoms with van der Waals surface area (Å²) in [5.41, 5.74) is 1.95. The lowest BCUT2D eigenvalue weighted by molar-refractivity contribution is -0.122. The molecule has 6 nitrogen and oxygen atoms in total. The predicted molar refractivity (Wildman–Crippen MR) is 116 cm³/mol. The van der Waals surface area contributed by atoms with Crippen LogP contribution < -0.4 is 9.62 Å². The molecule has 0 spiro atoms. The molecule has 168 valence electrons. The summed E-state index contributed by atoms with van der Waals surface area (Å²) >= 11 is 0. The number of nitrogens with zero attached hydrogens (tertiary/aromatic N) is 2. The summed E-state index contributed by atoms with van der Waals surface area (Å²) in [7, 11) is -3.92. The van der Waals surface area contributed by atoms with E-state index in [2.05, 4.69) is 10.2 Å². The highest BCUT2D eigenvalue weighted by molar-refractivity contribution is 7.92. The molecule has 1 heterocycles. The van der Waals surface area contributed by atoms with Crippen LogP contribution in [0.4, 0.5) is 14.5 Å². The maximum absolute atomic E-state index is 13.7. The number of amides is 1. The number of carbonyl (C=O) groups excluding carboxylic acids is 1. The van der Waals surface area contributed by atoms with Crippen LogP contribution in [0.15, 0.2) is 42.5 Å². The minimum absolute atomic E-state index is 0.113. The van der Waals surface area contributed by atoms with Gasteiger partial charge >= 0.3 is 0 Å². The average Bonchev–Trinajstić information content (AvgIpc) is 3.22. The zero-order valence-corrected chi connectivity index (χ0v) is 18.5. The standard InChI is InChI=1S/C22H27F2N3O3S/c1-16(27(31(2,29)30)19-9-10-20(23)21(24)13-19)22(28)25-14-17-7-3-4-8-18(17)15-26-11-5-6-12-26/h3-4,7-10,13,16H,5-6,11-12,14-15H2,1-2H3,(H,25,28). The van der Waals surface area contributed by atoms with E-state index in [1.54, 1.807) is 0 Å². The fourth-order valence-corrected chi connectivity index (χ4v) is 4.99. The molecule has 0 bridgehead atoms. The van der Waals surface area contributed by atoms with Gasteiger partial charge in [-0.3, -0.25) is 14.0 Å². The first-order valence-corrected chi connectivity index (χ1v) is 12.0. The Hall–Kier alpha value is -2.52. The van der Waals surface area contributed by atoms with Gasteiger partial charge in [-0.05, 0) is 56.1 Å². The number of rotatable bonds is 8. The minimum Gasteiger partial charge on any atom is -0.350 e. The highest BCUT2D eigenvalue weighted by atomic mass is 32.2. The molecule has 9 heteroatoms. The monoisotopic (exact) mass is 451 g/mol. The number of nitrogens with one attached hydrogen (secondary N) is 1. The number of halogens is 2. The highest BCUT2D eigenvalue weighted by Gasteiger charge is 2.29. The zero-order chi connectivity index (χ0) is 22.6. The molecule has 1 aliphatic rings. The summed E-state index contributed by atoms with van der Waals surface area (Å²) in [6.07, 6.45) is 3.28. The van der Waals surface area contributed by atoms with Crippen molar-refractivity contribution in [2.75, 3.05) is 23.7 Å². The van der Waals surface area contributed by atoms with Crippen molar-refractivity contribution in [1.29, 1.82) is 0 Å². The van der Waals surface area contributed by atoms with Crippen molar-refractivity contribution in [3.63, 3.8) is 0 Å². The Labute approximate surface area is 181 Å². The second-order valence-electron chi connectivity index (χ2n) is 7.80. The van der Waals surface area contributed by atoms with Crippen LogP contribution in [0.3, 0.4) is 0 Å². The van der Waals surface area contributed by atoms with Gasteiger partial charge in [0.25, 0.3) is 0 Å². The van der Waals surface area contributed by atoms with E-state index in [1.807, 2.05) is 24.3 Å². The molecule has 1 saturated heterocycles. The van der Waals surface area contributed by atoms with Gasteiger partial charge in [-0.1, -0.05) is 24.3 Å². The minimum atomic E-state index is -3.92. The smallest absolute Gasteiger partial charge is 0.243 e. The summed E-state index contributed by atoms with van der Waals surface area (Å²) in [6.45, 7) is 4.55. The second kappa shape index (κ2) is 9.74. The first kappa shape index (κ1) is 23.1. The molecule has 1 aliphatic heterocycles. The number of likely N-dealkylation sites (tertiary alicyclic amines) is 1. The fourth-order valence-electron chi connectivity index (χ4n) is 3.83. The summed E-state index contributed by atoms with van der Waals surface area (Å²) < 4.78 is 52.4. The molecule has 0 aromatic heterocycles. The number of benzene rings is 2. The molecule has 2 aromatic rings. The summed E-state index contributed by atoms with van der Waals surface area (Å²) in [5.74, 6) is -2.82. The largest absolute Gasteiger partial charge is 0.350 e. The second-order valence-corrected chi connectivity index (χ2v) is 9.66. The van der Waals surface area contributed by atoms with Crippen molar-refractivity contribution in [3.05, 3.63) is 65.2 Å². The molecule has 1 N–H and O–H groups in total. The quantitative estimate of drug-likeness (QED) is 0.670. The zero-order valence-electron chi connectivity index (χ0n) is 17.6. The van der Waals surface area contributed by atoms with Crippen LogP contribution in [-0.2, 0) is 27.9 Å². The van der Waals surface area contributed by atoms with Crippen LogP contribution in [-0.4, -0.2) is 44.6 Å². The third kappa shape index (κ3) is 5.80. The van der Waals surface area contributed by atoms with Crippen LogP contribution in [0.2, 0.25) is 0 Å². The van der Waals surface area contributed by atoms with Gasteiger partial charge in [-0.2, -0.15) is 0 Å². The van der Waals surface area contributed by atoms with Gasteiger partial charge < -0.3 is 5.32 Å². The van der Waals surface area contributed by atoms with Crippen molar-refractivity contribution in [3.8, 4) is 0 Å². The van der Waals surface area contributed by atoms with Gasteiger partial charge in [0.05, 0.1) is 11.9 Å². The Balaban J connectivity index is 1.73. The molecule has 1 fully saturated rings. The molecule has 1 amide bonds. The van der Waals surface area contributed by atoms with Crippen molar-refractivity contribution < 1.29 is 22.0 Å². The van der Waals surface area contributed by atoms with E-state index in [-0.39, 0.29) is 12.2 Å². The summed E-state index contributed by atoms with van der Waals surface area (Å²) in [5, 5.41) is 2.78. The number of hydrogen-bond donors (Lipinski definition) is 1. The van der Waals surface area contributed by atoms with E-state index in [0.29, 0.717) is 0 Å². The highest BCUT2D eigenvalue weighted by Crippen LogP contribution is 2.23. The van der Waals surface area contributed by atoms with Crippen LogP contribution in [0, 0.1) is 11.6 Å². The third-order valence-electron chi connectivity index (χ3n) is 5.41. The first-order valence-electron chi connectivity index (χ1n) is 10.2. The molecule has 0 saturated carbocycles. The number of carbonyl (C=O) groups is 1. The summed E-state index contributed by atoms with van der Waals surface area (Å²) in [4.78, 5) is 15.1. The number of anilines is 1. The van der Waals surface area contributed by atoms with Crippen LogP contribution >= 0.6 is 0 Å². The Morgan fingerprint density at radius 2 is 1.74 bits per heavy atom. The molecule has 0 aliphatic carbocycles. The van der Waals surface area contributed by atoms with Gasteiger partial charge in [0, 0.05) is 19.2 Å². The molecule has 1 unspecified atom stereocenters. The Bertz CT molecular complexity index is 1040. The van der Waals surface area contributed by atoms with E-state index in [1.165, 1.54) is 19.8 Å². The van der Waals surface area contributed by atoms with Crippen molar-refractivity contribution >= 4 is 21.6 Å². The van der Waals surface area contributed by atoms with Crippen molar-refractivity contribution in [2.45, 2.75) is 38.9 Å². The predicted octanol–water partition coefficient (Wildman–Crippen LogP) is 3.03. The van der Waals surface area contributed by atoms with Crippen LogP contribution in [0.5, 0.6) is 0 Å². The van der Waals surface area contributed by atoms with Gasteiger partial charge in [-0.15, -0.1) is 0 Å². The average molecular weight is 452 g/mol. The first-order chi connectivity index (χ1) is 14.7.